The maximum atomic E-state index is 10.4. The molecule has 0 spiro atoms. The van der Waals surface area contributed by atoms with Gasteiger partial charge in [-0.1, -0.05) is 0 Å². The van der Waals surface area contributed by atoms with Gasteiger partial charge in [-0.15, -0.1) is 0 Å². The molecule has 4 nitrogen and oxygen atoms in total. The van der Waals surface area contributed by atoms with Crippen molar-refractivity contribution in [2.45, 2.75) is 0 Å². The summed E-state index contributed by atoms with van der Waals surface area (Å²) in [4.78, 5) is 22.7. The summed E-state index contributed by atoms with van der Waals surface area (Å²) in [5.74, 6) is -1.36. The van der Waals surface area contributed by atoms with E-state index in [0.29, 0.717) is 0 Å². The zero-order valence-electron chi connectivity index (χ0n) is 7.94. The number of carbonyl (C=O) groups excluding carboxylic acids is 2. The van der Waals surface area contributed by atoms with Gasteiger partial charge in [0.25, 0.3) is 0 Å². The van der Waals surface area contributed by atoms with Gasteiger partial charge < -0.3 is 10.0 Å². The van der Waals surface area contributed by atoms with Crippen molar-refractivity contribution < 1.29 is 14.7 Å². The molecule has 1 aliphatic carbocycles. The van der Waals surface area contributed by atoms with Crippen LogP contribution in [-0.2, 0) is 9.59 Å². The maximum Gasteiger partial charge on any atom is 0.220 e. The molecular weight excluding hydrogens is 170 g/mol. The van der Waals surface area contributed by atoms with Crippen molar-refractivity contribution in [1.29, 1.82) is 0 Å². The van der Waals surface area contributed by atoms with Crippen molar-refractivity contribution in [3.05, 3.63) is 24.0 Å². The van der Waals surface area contributed by atoms with Gasteiger partial charge in [0.15, 0.2) is 11.5 Å². The number of hydrogen-bond donors (Lipinski definition) is 1. The fraction of sp³-hybridized carbons (Fsp3) is 0.333. The van der Waals surface area contributed by atoms with Gasteiger partial charge in [-0.2, -0.15) is 0 Å². The minimum atomic E-state index is -0.519. The Morgan fingerprint density at radius 3 is 1.92 bits per heavy atom. The molecule has 0 saturated heterocycles. The van der Waals surface area contributed by atoms with E-state index in [2.05, 4.69) is 0 Å². The zero-order chi connectivity index (χ0) is 10.4. The predicted octanol–water partition coefficient (Wildman–Crippen LogP) is 0.314. The summed E-state index contributed by atoms with van der Waals surface area (Å²) in [6.07, 6.45) is 3.04. The standard InChI is InChI=1S/C6H4O3.C3H9N/c7-4-1-2-5(8)6(9)3-4;1-4(2)3/h1-3,9H;1-3H3. The number of hydrogen-bond acceptors (Lipinski definition) is 4. The fourth-order valence-electron chi connectivity index (χ4n) is 0.497. The Hall–Kier alpha value is -1.42. The first kappa shape index (κ1) is 11.6. The monoisotopic (exact) mass is 183 g/mol. The van der Waals surface area contributed by atoms with Crippen LogP contribution < -0.4 is 0 Å². The van der Waals surface area contributed by atoms with E-state index < -0.39 is 11.5 Å². The third-order valence-electron chi connectivity index (χ3n) is 0.930. The SMILES string of the molecule is CN(C)C.O=C1C=CC(=O)C(O)=C1. The van der Waals surface area contributed by atoms with Crippen molar-refractivity contribution in [1.82, 2.24) is 4.90 Å². The molecule has 0 heterocycles. The van der Waals surface area contributed by atoms with E-state index in [4.69, 9.17) is 5.11 Å². The topological polar surface area (TPSA) is 57.6 Å². The molecule has 0 aromatic rings. The average molecular weight is 183 g/mol. The molecule has 0 amide bonds. The minimum Gasteiger partial charge on any atom is -0.504 e. The fourth-order valence-corrected chi connectivity index (χ4v) is 0.497. The molecule has 0 saturated carbocycles. The summed E-state index contributed by atoms with van der Waals surface area (Å²) < 4.78 is 0. The van der Waals surface area contributed by atoms with Crippen molar-refractivity contribution in [3.8, 4) is 0 Å². The highest BCUT2D eigenvalue weighted by molar-refractivity contribution is 6.15. The molecule has 1 aliphatic rings. The molecule has 0 radical (unpaired) electrons. The van der Waals surface area contributed by atoms with Crippen LogP contribution in [0, 0.1) is 0 Å². The Morgan fingerprint density at radius 1 is 1.15 bits per heavy atom. The number of aliphatic hydroxyl groups excluding tert-OH is 1. The largest absolute Gasteiger partial charge is 0.504 e. The molecule has 1 rings (SSSR count). The van der Waals surface area contributed by atoms with Crippen molar-refractivity contribution in [3.63, 3.8) is 0 Å². The van der Waals surface area contributed by atoms with Crippen LogP contribution in [0.1, 0.15) is 0 Å². The zero-order valence-corrected chi connectivity index (χ0v) is 7.94. The first-order valence-corrected chi connectivity index (χ1v) is 3.71. The number of ketones is 2. The Bertz CT molecular complexity index is 261. The molecule has 13 heavy (non-hydrogen) atoms. The lowest BCUT2D eigenvalue weighted by molar-refractivity contribution is -0.116. The number of carbonyl (C=O) groups is 2. The van der Waals surface area contributed by atoms with E-state index >= 15 is 0 Å². The molecule has 0 aromatic heterocycles. The van der Waals surface area contributed by atoms with Crippen molar-refractivity contribution in [2.24, 2.45) is 0 Å². The van der Waals surface area contributed by atoms with Crippen molar-refractivity contribution in [2.75, 3.05) is 21.1 Å². The van der Waals surface area contributed by atoms with Gasteiger partial charge in [0, 0.05) is 6.08 Å². The number of allylic oxidation sites excluding steroid dienone is 3. The second kappa shape index (κ2) is 5.27. The van der Waals surface area contributed by atoms with Gasteiger partial charge in [0.1, 0.15) is 0 Å². The van der Waals surface area contributed by atoms with Gasteiger partial charge in [0.2, 0.25) is 5.78 Å². The van der Waals surface area contributed by atoms with E-state index in [1.807, 2.05) is 26.0 Å². The number of nitrogens with zero attached hydrogens (tertiary/aromatic N) is 1. The Labute approximate surface area is 77.2 Å². The van der Waals surface area contributed by atoms with Crippen LogP contribution in [0.2, 0.25) is 0 Å². The molecule has 0 bridgehead atoms. The first-order valence-electron chi connectivity index (χ1n) is 3.71. The summed E-state index contributed by atoms with van der Waals surface area (Å²) in [7, 11) is 6.00. The van der Waals surface area contributed by atoms with E-state index in [9.17, 15) is 9.59 Å². The summed E-state index contributed by atoms with van der Waals surface area (Å²) in [5, 5.41) is 8.59. The average Bonchev–Trinajstić information content (AvgIpc) is 1.96. The molecule has 4 heteroatoms. The van der Waals surface area contributed by atoms with E-state index in [1.165, 1.54) is 0 Å². The van der Waals surface area contributed by atoms with Crippen LogP contribution in [0.25, 0.3) is 0 Å². The molecule has 1 N–H and O–H groups in total. The van der Waals surface area contributed by atoms with Gasteiger partial charge >= 0.3 is 0 Å². The summed E-state index contributed by atoms with van der Waals surface area (Å²) in [5.41, 5.74) is 0. The number of aliphatic hydroxyl groups is 1. The van der Waals surface area contributed by atoms with E-state index in [1.54, 1.807) is 0 Å². The van der Waals surface area contributed by atoms with Crippen molar-refractivity contribution >= 4 is 11.6 Å². The second-order valence-corrected chi connectivity index (χ2v) is 2.97. The summed E-state index contributed by atoms with van der Waals surface area (Å²) in [6.45, 7) is 0. The highest BCUT2D eigenvalue weighted by Crippen LogP contribution is 1.99. The maximum absolute atomic E-state index is 10.4. The summed E-state index contributed by atoms with van der Waals surface area (Å²) in [6, 6.07) is 0. The van der Waals surface area contributed by atoms with Gasteiger partial charge in [0.05, 0.1) is 0 Å². The quantitative estimate of drug-likeness (QED) is 0.549. The molecule has 72 valence electrons. The third-order valence-corrected chi connectivity index (χ3v) is 0.930. The molecule has 0 atom stereocenters. The number of rotatable bonds is 0. The highest BCUT2D eigenvalue weighted by Gasteiger charge is 2.09. The smallest absolute Gasteiger partial charge is 0.220 e. The molecular formula is C9H13NO3. The van der Waals surface area contributed by atoms with Crippen LogP contribution in [0.4, 0.5) is 0 Å². The lowest BCUT2D eigenvalue weighted by Crippen LogP contribution is -2.05. The lowest BCUT2D eigenvalue weighted by Gasteiger charge is -1.95. The Kier molecular flexibility index (Phi) is 4.69. The van der Waals surface area contributed by atoms with Crippen LogP contribution in [0.15, 0.2) is 24.0 Å². The highest BCUT2D eigenvalue weighted by atomic mass is 16.3. The molecule has 0 aliphatic heterocycles. The Balaban J connectivity index is 0.000000310. The minimum absolute atomic E-state index is 0.355. The molecule has 0 fully saturated rings. The second-order valence-electron chi connectivity index (χ2n) is 2.97. The molecule has 0 unspecified atom stereocenters. The van der Waals surface area contributed by atoms with Crippen LogP contribution in [0.5, 0.6) is 0 Å². The predicted molar refractivity (Wildman–Crippen MR) is 49.5 cm³/mol. The third kappa shape index (κ3) is 5.81. The Morgan fingerprint density at radius 2 is 1.62 bits per heavy atom. The van der Waals surface area contributed by atoms with Crippen LogP contribution in [-0.4, -0.2) is 42.7 Å². The van der Waals surface area contributed by atoms with E-state index in [0.717, 1.165) is 18.2 Å². The van der Waals surface area contributed by atoms with E-state index in [-0.39, 0.29) is 5.78 Å². The summed E-state index contributed by atoms with van der Waals surface area (Å²) >= 11 is 0. The van der Waals surface area contributed by atoms with Gasteiger partial charge in [-0.05, 0) is 33.3 Å². The lowest BCUT2D eigenvalue weighted by atomic mass is 10.1. The first-order chi connectivity index (χ1) is 5.93. The van der Waals surface area contributed by atoms with Gasteiger partial charge in [-0.3, -0.25) is 9.59 Å². The van der Waals surface area contributed by atoms with Gasteiger partial charge in [-0.25, -0.2) is 0 Å². The van der Waals surface area contributed by atoms with Crippen LogP contribution >= 0.6 is 0 Å². The normalized spacial score (nSPS) is 15.2. The van der Waals surface area contributed by atoms with Crippen LogP contribution in [0.3, 0.4) is 0 Å². The molecule has 0 aromatic carbocycles.